The molecule has 1 atom stereocenters. The summed E-state index contributed by atoms with van der Waals surface area (Å²) in [5, 5.41) is 2.83. The van der Waals surface area contributed by atoms with E-state index >= 15 is 0 Å². The van der Waals surface area contributed by atoms with Crippen molar-refractivity contribution in [3.8, 4) is 0 Å². The molecule has 0 nitrogen and oxygen atoms in total. The minimum Gasteiger partial charge on any atom is -0.0832 e. The van der Waals surface area contributed by atoms with Crippen LogP contribution in [0.5, 0.6) is 0 Å². The van der Waals surface area contributed by atoms with Crippen molar-refractivity contribution >= 4 is 26.7 Å². The number of rotatable bonds is 3. The molecule has 1 unspecified atom stereocenters. The van der Waals surface area contributed by atoms with E-state index in [0.717, 1.165) is 0 Å². The summed E-state index contributed by atoms with van der Waals surface area (Å²) in [6.07, 6.45) is 6.77. The fourth-order valence-electron chi connectivity index (χ4n) is 3.89. The van der Waals surface area contributed by atoms with Crippen molar-refractivity contribution in [2.24, 2.45) is 5.41 Å². The van der Waals surface area contributed by atoms with Gasteiger partial charge < -0.3 is 0 Å². The van der Waals surface area contributed by atoms with Crippen LogP contribution in [0.2, 0.25) is 0 Å². The summed E-state index contributed by atoms with van der Waals surface area (Å²) >= 11 is 4.08. The lowest BCUT2D eigenvalue weighted by molar-refractivity contribution is 0.280. The van der Waals surface area contributed by atoms with E-state index in [0.29, 0.717) is 10.2 Å². The third-order valence-corrected chi connectivity index (χ3v) is 6.75. The summed E-state index contributed by atoms with van der Waals surface area (Å²) in [6, 6.07) is 13.5. The standard InChI is InChI=1S/C19H23Br/c1-3-19(12-6-7-13-19)18(20)17-11-10-14(2)15-8-4-5-9-16(15)17/h4-5,8-11,18H,3,6-7,12-13H2,1-2H3. The lowest BCUT2D eigenvalue weighted by Gasteiger charge is -2.34. The van der Waals surface area contributed by atoms with Gasteiger partial charge in [-0.25, -0.2) is 0 Å². The fourth-order valence-corrected chi connectivity index (χ4v) is 5.07. The van der Waals surface area contributed by atoms with Crippen molar-refractivity contribution < 1.29 is 0 Å². The first-order valence-electron chi connectivity index (χ1n) is 7.80. The van der Waals surface area contributed by atoms with Gasteiger partial charge >= 0.3 is 0 Å². The van der Waals surface area contributed by atoms with Crippen LogP contribution >= 0.6 is 15.9 Å². The SMILES string of the molecule is CCC1(C(Br)c2ccc(C)c3ccccc23)CCCC1. The van der Waals surface area contributed by atoms with Crippen LogP contribution in [0.3, 0.4) is 0 Å². The Labute approximate surface area is 130 Å². The van der Waals surface area contributed by atoms with Gasteiger partial charge in [-0.15, -0.1) is 0 Å². The van der Waals surface area contributed by atoms with Crippen LogP contribution in [0.25, 0.3) is 10.8 Å². The molecular weight excluding hydrogens is 308 g/mol. The van der Waals surface area contributed by atoms with E-state index in [2.05, 4.69) is 66.2 Å². The lowest BCUT2D eigenvalue weighted by Crippen LogP contribution is -2.21. The zero-order chi connectivity index (χ0) is 14.2. The molecular formula is C19H23Br. The molecule has 0 N–H and O–H groups in total. The summed E-state index contributed by atoms with van der Waals surface area (Å²) in [6.45, 7) is 4.57. The van der Waals surface area contributed by atoms with Gasteiger partial charge in [0.15, 0.2) is 0 Å². The summed E-state index contributed by atoms with van der Waals surface area (Å²) in [5.41, 5.74) is 3.31. The van der Waals surface area contributed by atoms with Gasteiger partial charge in [0.1, 0.15) is 0 Å². The van der Waals surface area contributed by atoms with Crippen molar-refractivity contribution in [1.82, 2.24) is 0 Å². The molecule has 1 heteroatoms. The molecule has 0 amide bonds. The highest BCUT2D eigenvalue weighted by molar-refractivity contribution is 9.09. The first-order chi connectivity index (χ1) is 9.68. The van der Waals surface area contributed by atoms with Gasteiger partial charge in [0.25, 0.3) is 0 Å². The number of aryl methyl sites for hydroxylation is 1. The number of benzene rings is 2. The van der Waals surface area contributed by atoms with Crippen LogP contribution < -0.4 is 0 Å². The molecule has 1 aliphatic rings. The van der Waals surface area contributed by atoms with Crippen molar-refractivity contribution in [2.75, 3.05) is 0 Å². The maximum Gasteiger partial charge on any atom is 0.0457 e. The second-order valence-corrected chi connectivity index (χ2v) is 7.22. The van der Waals surface area contributed by atoms with Crippen LogP contribution in [-0.2, 0) is 0 Å². The van der Waals surface area contributed by atoms with Crippen molar-refractivity contribution in [2.45, 2.75) is 50.8 Å². The van der Waals surface area contributed by atoms with Crippen LogP contribution in [0.4, 0.5) is 0 Å². The third kappa shape index (κ3) is 2.20. The van der Waals surface area contributed by atoms with E-state index in [1.54, 1.807) is 0 Å². The first-order valence-corrected chi connectivity index (χ1v) is 8.72. The summed E-state index contributed by atoms with van der Waals surface area (Å²) in [5.74, 6) is 0. The third-order valence-electron chi connectivity index (χ3n) is 5.29. The summed E-state index contributed by atoms with van der Waals surface area (Å²) < 4.78 is 0. The van der Waals surface area contributed by atoms with Crippen LogP contribution in [0, 0.1) is 12.3 Å². The Morgan fingerprint density at radius 3 is 2.35 bits per heavy atom. The van der Waals surface area contributed by atoms with Gasteiger partial charge in [-0.05, 0) is 53.5 Å². The second-order valence-electron chi connectivity index (χ2n) is 6.30. The van der Waals surface area contributed by atoms with Crippen molar-refractivity contribution in [3.63, 3.8) is 0 Å². The van der Waals surface area contributed by atoms with E-state index in [-0.39, 0.29) is 0 Å². The summed E-state index contributed by atoms with van der Waals surface area (Å²) in [4.78, 5) is 0.480. The topological polar surface area (TPSA) is 0 Å². The molecule has 1 fully saturated rings. The normalized spacial score (nSPS) is 19.4. The predicted octanol–water partition coefficient (Wildman–Crippen LogP) is 6.55. The number of alkyl halides is 1. The highest BCUT2D eigenvalue weighted by Crippen LogP contribution is 2.55. The Hall–Kier alpha value is -0.820. The van der Waals surface area contributed by atoms with Crippen LogP contribution in [0.15, 0.2) is 36.4 Å². The molecule has 0 spiro atoms. The molecule has 2 aromatic carbocycles. The molecule has 0 heterocycles. The van der Waals surface area contributed by atoms with Crippen molar-refractivity contribution in [3.05, 3.63) is 47.5 Å². The van der Waals surface area contributed by atoms with Gasteiger partial charge in [-0.2, -0.15) is 0 Å². The molecule has 0 aromatic heterocycles. The maximum atomic E-state index is 4.08. The molecule has 0 aliphatic heterocycles. The zero-order valence-electron chi connectivity index (χ0n) is 12.5. The Kier molecular flexibility index (Phi) is 3.90. The molecule has 3 rings (SSSR count). The Morgan fingerprint density at radius 2 is 1.70 bits per heavy atom. The van der Waals surface area contributed by atoms with Gasteiger partial charge in [0.2, 0.25) is 0 Å². The largest absolute Gasteiger partial charge is 0.0832 e. The quantitative estimate of drug-likeness (QED) is 0.559. The fraction of sp³-hybridized carbons (Fsp3) is 0.474. The number of hydrogen-bond donors (Lipinski definition) is 0. The molecule has 2 aromatic rings. The molecule has 0 radical (unpaired) electrons. The Balaban J connectivity index is 2.12. The Bertz CT molecular complexity index is 608. The minimum absolute atomic E-state index is 0.456. The van der Waals surface area contributed by atoms with E-state index in [9.17, 15) is 0 Å². The molecule has 20 heavy (non-hydrogen) atoms. The highest BCUT2D eigenvalue weighted by atomic mass is 79.9. The van der Waals surface area contributed by atoms with Gasteiger partial charge in [-0.1, -0.05) is 72.1 Å². The Morgan fingerprint density at radius 1 is 1.05 bits per heavy atom. The van der Waals surface area contributed by atoms with E-state index < -0.39 is 0 Å². The van der Waals surface area contributed by atoms with Crippen LogP contribution in [-0.4, -0.2) is 0 Å². The number of halogens is 1. The molecule has 106 valence electrons. The molecule has 1 aliphatic carbocycles. The molecule has 1 saturated carbocycles. The average molecular weight is 331 g/mol. The average Bonchev–Trinajstić information content (AvgIpc) is 2.97. The molecule has 0 bridgehead atoms. The second kappa shape index (κ2) is 5.52. The smallest absolute Gasteiger partial charge is 0.0457 e. The van der Waals surface area contributed by atoms with E-state index in [1.165, 1.54) is 54.0 Å². The number of hydrogen-bond acceptors (Lipinski definition) is 0. The van der Waals surface area contributed by atoms with Gasteiger partial charge in [0.05, 0.1) is 0 Å². The van der Waals surface area contributed by atoms with E-state index in [1.807, 2.05) is 0 Å². The lowest BCUT2D eigenvalue weighted by atomic mass is 9.76. The van der Waals surface area contributed by atoms with Crippen LogP contribution in [0.1, 0.15) is 55.0 Å². The van der Waals surface area contributed by atoms with Gasteiger partial charge in [0, 0.05) is 4.83 Å². The first kappa shape index (κ1) is 14.1. The monoisotopic (exact) mass is 330 g/mol. The number of fused-ring (bicyclic) bond motifs is 1. The highest BCUT2D eigenvalue weighted by Gasteiger charge is 2.39. The molecule has 0 saturated heterocycles. The predicted molar refractivity (Wildman–Crippen MR) is 91.5 cm³/mol. The van der Waals surface area contributed by atoms with Gasteiger partial charge in [-0.3, -0.25) is 0 Å². The van der Waals surface area contributed by atoms with Crippen molar-refractivity contribution in [1.29, 1.82) is 0 Å². The van der Waals surface area contributed by atoms with E-state index in [4.69, 9.17) is 0 Å². The summed E-state index contributed by atoms with van der Waals surface area (Å²) in [7, 11) is 0. The minimum atomic E-state index is 0.456. The maximum absolute atomic E-state index is 4.08. The zero-order valence-corrected chi connectivity index (χ0v) is 14.0.